The fourth-order valence-corrected chi connectivity index (χ4v) is 5.83. The summed E-state index contributed by atoms with van der Waals surface area (Å²) in [6.45, 7) is 9.17. The Hall–Kier alpha value is -1.67. The van der Waals surface area contributed by atoms with E-state index in [1.165, 1.54) is 41.3 Å². The zero-order chi connectivity index (χ0) is 21.6. The van der Waals surface area contributed by atoms with E-state index < -0.39 is 0 Å². The van der Waals surface area contributed by atoms with Gasteiger partial charge in [-0.3, -0.25) is 14.7 Å². The van der Waals surface area contributed by atoms with E-state index in [-0.39, 0.29) is 0 Å². The van der Waals surface area contributed by atoms with Crippen molar-refractivity contribution in [2.24, 2.45) is 10.9 Å². The van der Waals surface area contributed by atoms with Gasteiger partial charge in [0, 0.05) is 57.1 Å². The average molecular weight is 447 g/mol. The minimum atomic E-state index is 0.317. The van der Waals surface area contributed by atoms with Crippen LogP contribution in [0.3, 0.4) is 0 Å². The van der Waals surface area contributed by atoms with E-state index in [9.17, 15) is 4.79 Å². The van der Waals surface area contributed by atoms with Crippen molar-refractivity contribution >= 4 is 23.2 Å². The zero-order valence-electron chi connectivity index (χ0n) is 19.2. The first kappa shape index (κ1) is 22.5. The summed E-state index contributed by atoms with van der Waals surface area (Å²) >= 11 is 1.88. The largest absolute Gasteiger partial charge is 0.357 e. The zero-order valence-corrected chi connectivity index (χ0v) is 20.1. The van der Waals surface area contributed by atoms with Gasteiger partial charge in [-0.1, -0.05) is 6.42 Å². The van der Waals surface area contributed by atoms with E-state index in [0.29, 0.717) is 11.8 Å². The molecule has 0 bridgehead atoms. The molecule has 2 fully saturated rings. The van der Waals surface area contributed by atoms with Crippen LogP contribution in [0.1, 0.15) is 54.6 Å². The molecular weight excluding hydrogens is 408 g/mol. The quantitative estimate of drug-likeness (QED) is 0.515. The number of nitrogens with zero attached hydrogens (tertiary/aromatic N) is 5. The van der Waals surface area contributed by atoms with Crippen LogP contribution in [0, 0.1) is 5.92 Å². The third kappa shape index (κ3) is 5.77. The van der Waals surface area contributed by atoms with E-state index in [0.717, 1.165) is 77.6 Å². The van der Waals surface area contributed by atoms with Crippen LogP contribution in [-0.2, 0) is 24.2 Å². The minimum Gasteiger partial charge on any atom is -0.357 e. The number of rotatable bonds is 7. The van der Waals surface area contributed by atoms with E-state index in [2.05, 4.69) is 34.0 Å². The number of amides is 1. The molecule has 1 aromatic rings. The van der Waals surface area contributed by atoms with Gasteiger partial charge in [-0.15, -0.1) is 11.3 Å². The lowest BCUT2D eigenvalue weighted by atomic mass is 9.84. The van der Waals surface area contributed by atoms with Crippen molar-refractivity contribution in [2.75, 3.05) is 52.9 Å². The number of hydrogen-bond donors (Lipinski definition) is 1. The molecule has 3 aliphatic rings. The fourth-order valence-electron chi connectivity index (χ4n) is 4.62. The van der Waals surface area contributed by atoms with Gasteiger partial charge in [-0.2, -0.15) is 0 Å². The molecule has 2 aliphatic carbocycles. The first-order valence-corrected chi connectivity index (χ1v) is 12.9. The Morgan fingerprint density at radius 3 is 2.65 bits per heavy atom. The summed E-state index contributed by atoms with van der Waals surface area (Å²) in [7, 11) is 2.10. The highest BCUT2D eigenvalue weighted by atomic mass is 32.1. The summed E-state index contributed by atoms with van der Waals surface area (Å²) in [5.41, 5.74) is 1.33. The average Bonchev–Trinajstić information content (AvgIpc) is 3.14. The van der Waals surface area contributed by atoms with Gasteiger partial charge in [0.1, 0.15) is 5.01 Å². The summed E-state index contributed by atoms with van der Waals surface area (Å²) < 4.78 is 0. The smallest absolute Gasteiger partial charge is 0.225 e. The number of piperazine rings is 1. The Labute approximate surface area is 190 Å². The molecular formula is C23H38N6OS. The van der Waals surface area contributed by atoms with Crippen LogP contribution in [0.4, 0.5) is 0 Å². The highest BCUT2D eigenvalue weighted by Crippen LogP contribution is 2.29. The van der Waals surface area contributed by atoms with Gasteiger partial charge >= 0.3 is 0 Å². The summed E-state index contributed by atoms with van der Waals surface area (Å²) in [5, 5.41) is 4.63. The van der Waals surface area contributed by atoms with Crippen LogP contribution in [0.5, 0.6) is 0 Å². The highest BCUT2D eigenvalue weighted by molar-refractivity contribution is 7.11. The summed E-state index contributed by atoms with van der Waals surface area (Å²) in [4.78, 5) is 30.4. The number of carbonyl (C=O) groups excluding carboxylic acids is 1. The van der Waals surface area contributed by atoms with E-state index in [1.807, 2.05) is 11.3 Å². The van der Waals surface area contributed by atoms with Crippen LogP contribution >= 0.6 is 11.3 Å². The van der Waals surface area contributed by atoms with Crippen LogP contribution < -0.4 is 5.32 Å². The van der Waals surface area contributed by atoms with E-state index in [1.54, 1.807) is 0 Å². The van der Waals surface area contributed by atoms with Gasteiger partial charge in [0.25, 0.3) is 0 Å². The lowest BCUT2D eigenvalue weighted by Gasteiger charge is -2.38. The second-order valence-electron chi connectivity index (χ2n) is 9.07. The molecule has 0 aromatic carbocycles. The summed E-state index contributed by atoms with van der Waals surface area (Å²) in [6, 6.07) is 0. The molecule has 2 heterocycles. The van der Waals surface area contributed by atoms with Crippen molar-refractivity contribution in [3.63, 3.8) is 0 Å². The third-order valence-electron chi connectivity index (χ3n) is 6.78. The standard InChI is InChI=1S/C23H38N6OS/c1-3-24-23(27(2)17-21-26-19-9-4-5-10-20(19)31-21)25-11-12-28-13-15-29(16-14-28)22(30)18-7-6-8-18/h18H,3-17H2,1-2H3,(H,24,25). The van der Waals surface area contributed by atoms with Crippen molar-refractivity contribution in [1.82, 2.24) is 25.0 Å². The van der Waals surface area contributed by atoms with Crippen LogP contribution in [0.15, 0.2) is 4.99 Å². The molecule has 0 spiro atoms. The molecule has 4 rings (SSSR count). The number of nitrogens with one attached hydrogen (secondary N) is 1. The molecule has 7 nitrogen and oxygen atoms in total. The van der Waals surface area contributed by atoms with E-state index in [4.69, 9.17) is 9.98 Å². The third-order valence-corrected chi connectivity index (χ3v) is 7.92. The molecule has 172 valence electrons. The molecule has 31 heavy (non-hydrogen) atoms. The predicted molar refractivity (Wildman–Crippen MR) is 127 cm³/mol. The maximum absolute atomic E-state index is 12.4. The first-order chi connectivity index (χ1) is 15.1. The van der Waals surface area contributed by atoms with Crippen molar-refractivity contribution in [3.05, 3.63) is 15.6 Å². The SMILES string of the molecule is CCNC(=NCCN1CCN(C(=O)C2CCC2)CC1)N(C)Cc1nc2c(s1)CCCC2. The lowest BCUT2D eigenvalue weighted by molar-refractivity contribution is -0.139. The number of aliphatic imine (C=N–C) groups is 1. The Morgan fingerprint density at radius 1 is 1.19 bits per heavy atom. The molecule has 1 aliphatic heterocycles. The topological polar surface area (TPSA) is 64.1 Å². The van der Waals surface area contributed by atoms with Crippen LogP contribution in [0.2, 0.25) is 0 Å². The number of thiazole rings is 1. The second kappa shape index (κ2) is 10.8. The number of carbonyl (C=O) groups is 1. The Bertz CT molecular complexity index is 743. The maximum atomic E-state index is 12.4. The monoisotopic (exact) mass is 446 g/mol. The van der Waals surface area contributed by atoms with Crippen molar-refractivity contribution < 1.29 is 4.79 Å². The predicted octanol–water partition coefficient (Wildman–Crippen LogP) is 2.36. The highest BCUT2D eigenvalue weighted by Gasteiger charge is 2.31. The van der Waals surface area contributed by atoms with Crippen LogP contribution in [0.25, 0.3) is 0 Å². The van der Waals surface area contributed by atoms with Gasteiger partial charge < -0.3 is 15.1 Å². The Kier molecular flexibility index (Phi) is 7.82. The Morgan fingerprint density at radius 2 is 1.97 bits per heavy atom. The normalized spacial score (nSPS) is 20.3. The fraction of sp³-hybridized carbons (Fsp3) is 0.783. The molecule has 0 atom stereocenters. The molecule has 1 N–H and O–H groups in total. The number of fused-ring (bicyclic) bond motifs is 1. The molecule has 0 radical (unpaired) electrons. The first-order valence-electron chi connectivity index (χ1n) is 12.1. The second-order valence-corrected chi connectivity index (χ2v) is 10.2. The van der Waals surface area contributed by atoms with Crippen molar-refractivity contribution in [1.29, 1.82) is 0 Å². The van der Waals surface area contributed by atoms with Gasteiger partial charge in [0.15, 0.2) is 5.96 Å². The Balaban J connectivity index is 1.24. The summed E-state index contributed by atoms with van der Waals surface area (Å²) in [5.74, 6) is 1.66. The number of guanidine groups is 1. The van der Waals surface area contributed by atoms with E-state index >= 15 is 0 Å². The number of aromatic nitrogens is 1. The number of hydrogen-bond acceptors (Lipinski definition) is 5. The van der Waals surface area contributed by atoms with Crippen molar-refractivity contribution in [3.8, 4) is 0 Å². The van der Waals surface area contributed by atoms with Crippen LogP contribution in [-0.4, -0.2) is 84.4 Å². The van der Waals surface area contributed by atoms with Gasteiger partial charge in [0.2, 0.25) is 5.91 Å². The molecule has 1 saturated carbocycles. The maximum Gasteiger partial charge on any atom is 0.225 e. The van der Waals surface area contributed by atoms with Gasteiger partial charge in [0.05, 0.1) is 18.8 Å². The van der Waals surface area contributed by atoms with Gasteiger partial charge in [-0.25, -0.2) is 4.98 Å². The van der Waals surface area contributed by atoms with Gasteiger partial charge in [-0.05, 0) is 45.4 Å². The summed E-state index contributed by atoms with van der Waals surface area (Å²) in [6.07, 6.45) is 8.34. The molecule has 0 unspecified atom stereocenters. The van der Waals surface area contributed by atoms with Crippen molar-refractivity contribution in [2.45, 2.75) is 58.4 Å². The number of aryl methyl sites for hydroxylation is 2. The molecule has 1 aromatic heterocycles. The molecule has 8 heteroatoms. The lowest BCUT2D eigenvalue weighted by Crippen LogP contribution is -2.51. The molecule has 1 amide bonds. The minimum absolute atomic E-state index is 0.317. The molecule has 1 saturated heterocycles.